The molecule has 6 atom stereocenters. The lowest BCUT2D eigenvalue weighted by Crippen LogP contribution is -2.73. The number of para-hydroxylation sites is 1. The van der Waals surface area contributed by atoms with Crippen LogP contribution in [0.1, 0.15) is 44.1 Å². The fraction of sp³-hybridized carbons (Fsp3) is 0.700. The van der Waals surface area contributed by atoms with Crippen LogP contribution in [0.25, 0.3) is 0 Å². The molecule has 0 unspecified atom stereocenters. The third-order valence-electron chi connectivity index (χ3n) is 9.00. The highest BCUT2D eigenvalue weighted by Gasteiger charge is 2.83. The van der Waals surface area contributed by atoms with Gasteiger partial charge in [0.05, 0.1) is 5.54 Å². The van der Waals surface area contributed by atoms with Gasteiger partial charge in [-0.05, 0) is 74.0 Å². The van der Waals surface area contributed by atoms with Crippen LogP contribution in [0.4, 0.5) is 5.69 Å². The smallest absolute Gasteiger partial charge is 0.0518 e. The van der Waals surface area contributed by atoms with Crippen molar-refractivity contribution in [1.29, 1.82) is 0 Å². The SMILES string of the molecule is c1ccc2c(c1)N[C@]13CC[C@]45CCCN6C[C@H](C[C@@H]1C4)[C@]23[C@@H]65. The molecule has 4 bridgehead atoms. The fourth-order valence-corrected chi connectivity index (χ4v) is 8.91. The van der Waals surface area contributed by atoms with Crippen molar-refractivity contribution < 1.29 is 0 Å². The van der Waals surface area contributed by atoms with Crippen molar-refractivity contribution in [2.45, 2.75) is 55.5 Å². The minimum atomic E-state index is 0.417. The van der Waals surface area contributed by atoms with Crippen LogP contribution in [0, 0.1) is 17.3 Å². The summed E-state index contributed by atoms with van der Waals surface area (Å²) in [6.07, 6.45) is 8.91. The van der Waals surface area contributed by atoms with Crippen molar-refractivity contribution in [2.24, 2.45) is 17.3 Å². The Morgan fingerprint density at radius 2 is 2.05 bits per heavy atom. The molecule has 2 nitrogen and oxygen atoms in total. The van der Waals surface area contributed by atoms with Gasteiger partial charge in [0.15, 0.2) is 0 Å². The number of nitrogens with zero attached hydrogens (tertiary/aromatic N) is 1. The number of nitrogens with one attached hydrogen (secondary N) is 1. The number of piperidine rings is 1. The predicted molar refractivity (Wildman–Crippen MR) is 86.9 cm³/mol. The molecule has 1 aromatic carbocycles. The van der Waals surface area contributed by atoms with Crippen LogP contribution >= 0.6 is 0 Å². The van der Waals surface area contributed by atoms with E-state index in [2.05, 4.69) is 34.5 Å². The normalized spacial score (nSPS) is 55.9. The molecule has 4 aliphatic carbocycles. The molecule has 1 aromatic rings. The fourth-order valence-electron chi connectivity index (χ4n) is 8.91. The average Bonchev–Trinajstić information content (AvgIpc) is 3.08. The van der Waals surface area contributed by atoms with Crippen LogP contribution in [0.15, 0.2) is 24.3 Å². The zero-order valence-electron chi connectivity index (χ0n) is 13.1. The first-order chi connectivity index (χ1) is 10.8. The van der Waals surface area contributed by atoms with Gasteiger partial charge in [0, 0.05) is 23.7 Å². The molecule has 7 aliphatic rings. The summed E-state index contributed by atoms with van der Waals surface area (Å²) in [6.45, 7) is 2.76. The molecule has 2 saturated heterocycles. The number of rotatable bonds is 0. The minimum absolute atomic E-state index is 0.417. The molecule has 114 valence electrons. The maximum Gasteiger partial charge on any atom is 0.0518 e. The van der Waals surface area contributed by atoms with Gasteiger partial charge < -0.3 is 5.32 Å². The second-order valence-corrected chi connectivity index (χ2v) is 9.21. The third-order valence-corrected chi connectivity index (χ3v) is 9.00. The summed E-state index contributed by atoms with van der Waals surface area (Å²) in [6, 6.07) is 10.2. The predicted octanol–water partition coefficient (Wildman–Crippen LogP) is 3.39. The molecule has 3 spiro atoms. The Bertz CT molecular complexity index is 713. The van der Waals surface area contributed by atoms with E-state index in [0.29, 0.717) is 16.4 Å². The quantitative estimate of drug-likeness (QED) is 0.788. The number of fused-ring (bicyclic) bond motifs is 2. The van der Waals surface area contributed by atoms with Crippen molar-refractivity contribution in [2.75, 3.05) is 18.4 Å². The Morgan fingerprint density at radius 3 is 3.05 bits per heavy atom. The summed E-state index contributed by atoms with van der Waals surface area (Å²) in [5.74, 6) is 1.86. The first-order valence-electron chi connectivity index (χ1n) is 9.42. The Kier molecular flexibility index (Phi) is 1.64. The molecule has 3 aliphatic heterocycles. The topological polar surface area (TPSA) is 15.3 Å². The highest BCUT2D eigenvalue weighted by atomic mass is 15.3. The number of anilines is 1. The molecule has 3 heterocycles. The molecule has 8 rings (SSSR count). The maximum atomic E-state index is 4.15. The van der Waals surface area contributed by atoms with Gasteiger partial charge in [-0.1, -0.05) is 18.2 Å². The Morgan fingerprint density at radius 1 is 1.09 bits per heavy atom. The van der Waals surface area contributed by atoms with Crippen LogP contribution in [0.3, 0.4) is 0 Å². The van der Waals surface area contributed by atoms with Crippen molar-refractivity contribution in [1.82, 2.24) is 4.90 Å². The molecule has 6 fully saturated rings. The highest BCUT2D eigenvalue weighted by Crippen LogP contribution is 2.80. The molecular weight excluding hydrogens is 268 g/mol. The van der Waals surface area contributed by atoms with Gasteiger partial charge in [-0.3, -0.25) is 4.90 Å². The van der Waals surface area contributed by atoms with E-state index in [1.807, 2.05) is 0 Å². The van der Waals surface area contributed by atoms with Crippen LogP contribution in [-0.4, -0.2) is 29.6 Å². The zero-order valence-corrected chi connectivity index (χ0v) is 13.1. The van der Waals surface area contributed by atoms with Gasteiger partial charge in [0.25, 0.3) is 0 Å². The van der Waals surface area contributed by atoms with Gasteiger partial charge in [-0.2, -0.15) is 0 Å². The number of hydrogen-bond acceptors (Lipinski definition) is 2. The van der Waals surface area contributed by atoms with E-state index in [9.17, 15) is 0 Å². The van der Waals surface area contributed by atoms with Crippen molar-refractivity contribution in [3.05, 3.63) is 29.8 Å². The Labute approximate surface area is 132 Å². The molecule has 0 radical (unpaired) electrons. The molecule has 1 N–H and O–H groups in total. The van der Waals surface area contributed by atoms with E-state index in [0.717, 1.165) is 17.9 Å². The van der Waals surface area contributed by atoms with E-state index in [1.165, 1.54) is 57.3 Å². The number of hydrogen-bond donors (Lipinski definition) is 1. The van der Waals surface area contributed by atoms with Gasteiger partial charge >= 0.3 is 0 Å². The minimum Gasteiger partial charge on any atom is -0.378 e. The summed E-state index contributed by atoms with van der Waals surface area (Å²) >= 11 is 0. The van der Waals surface area contributed by atoms with Crippen LogP contribution < -0.4 is 5.32 Å². The van der Waals surface area contributed by atoms with Crippen molar-refractivity contribution in [3.63, 3.8) is 0 Å². The first kappa shape index (κ1) is 11.5. The summed E-state index contributed by atoms with van der Waals surface area (Å²) < 4.78 is 0. The van der Waals surface area contributed by atoms with Gasteiger partial charge in [0.2, 0.25) is 0 Å². The molecule has 0 amide bonds. The highest BCUT2D eigenvalue weighted by molar-refractivity contribution is 5.70. The van der Waals surface area contributed by atoms with E-state index in [-0.39, 0.29) is 0 Å². The average molecular weight is 292 g/mol. The van der Waals surface area contributed by atoms with Gasteiger partial charge in [-0.25, -0.2) is 0 Å². The Hall–Kier alpha value is -1.02. The van der Waals surface area contributed by atoms with E-state index in [1.54, 1.807) is 5.56 Å². The summed E-state index contributed by atoms with van der Waals surface area (Å²) in [7, 11) is 0. The maximum absolute atomic E-state index is 4.15. The standard InChI is InChI=1S/C20H24N2/c1-2-5-16-15(4-1)20-14-10-13-11-18(7-8-19(13,20)21-16)6-3-9-22(12-14)17(18)20/h1-2,4-5,13-14,17,21H,3,6-12H2/t13-,14+,17+,18-,19-,20-/m1/s1. The summed E-state index contributed by atoms with van der Waals surface area (Å²) in [5.41, 5.74) is 4.74. The van der Waals surface area contributed by atoms with Crippen molar-refractivity contribution in [3.8, 4) is 0 Å². The summed E-state index contributed by atoms with van der Waals surface area (Å²) in [5, 5.41) is 4.15. The molecular formula is C20H24N2. The molecule has 22 heavy (non-hydrogen) atoms. The Balaban J connectivity index is 1.61. The second kappa shape index (κ2) is 3.13. The lowest BCUT2D eigenvalue weighted by Gasteiger charge is -2.67. The molecule has 2 heteroatoms. The molecule has 4 saturated carbocycles. The van der Waals surface area contributed by atoms with Crippen molar-refractivity contribution >= 4 is 5.69 Å². The lowest BCUT2D eigenvalue weighted by atomic mass is 9.41. The van der Waals surface area contributed by atoms with E-state index < -0.39 is 0 Å². The lowest BCUT2D eigenvalue weighted by molar-refractivity contribution is -0.112. The third kappa shape index (κ3) is 0.850. The monoisotopic (exact) mass is 292 g/mol. The largest absolute Gasteiger partial charge is 0.378 e. The van der Waals surface area contributed by atoms with Gasteiger partial charge in [0.1, 0.15) is 0 Å². The van der Waals surface area contributed by atoms with Crippen LogP contribution in [-0.2, 0) is 5.41 Å². The number of benzene rings is 1. The van der Waals surface area contributed by atoms with Crippen LogP contribution in [0.5, 0.6) is 0 Å². The van der Waals surface area contributed by atoms with E-state index >= 15 is 0 Å². The van der Waals surface area contributed by atoms with Crippen LogP contribution in [0.2, 0.25) is 0 Å². The summed E-state index contributed by atoms with van der Waals surface area (Å²) in [4.78, 5) is 2.95. The first-order valence-corrected chi connectivity index (χ1v) is 9.42. The zero-order chi connectivity index (χ0) is 14.2. The van der Waals surface area contributed by atoms with Gasteiger partial charge in [-0.15, -0.1) is 0 Å². The molecule has 0 aromatic heterocycles. The van der Waals surface area contributed by atoms with E-state index in [4.69, 9.17) is 0 Å². The second-order valence-electron chi connectivity index (χ2n) is 9.21.